The van der Waals surface area contributed by atoms with E-state index in [4.69, 9.17) is 4.74 Å². The van der Waals surface area contributed by atoms with Gasteiger partial charge in [0, 0.05) is 12.5 Å². The fourth-order valence-corrected chi connectivity index (χ4v) is 2.20. The van der Waals surface area contributed by atoms with Gasteiger partial charge in [0.05, 0.1) is 7.11 Å². The van der Waals surface area contributed by atoms with E-state index in [-0.39, 0.29) is 11.8 Å². The van der Waals surface area contributed by atoms with Crippen LogP contribution in [0.2, 0.25) is 0 Å². The minimum absolute atomic E-state index is 0.103. The van der Waals surface area contributed by atoms with Gasteiger partial charge in [-0.2, -0.15) is 0 Å². The first-order valence-electron chi connectivity index (χ1n) is 6.82. The molecule has 1 amide bonds. The van der Waals surface area contributed by atoms with Crippen LogP contribution >= 0.6 is 0 Å². The van der Waals surface area contributed by atoms with Crippen molar-refractivity contribution < 1.29 is 9.53 Å². The summed E-state index contributed by atoms with van der Waals surface area (Å²) in [5.41, 5.74) is 1.18. The Morgan fingerprint density at radius 2 is 2.32 bits per heavy atom. The lowest BCUT2D eigenvalue weighted by Crippen LogP contribution is -2.49. The second-order valence-corrected chi connectivity index (χ2v) is 5.10. The summed E-state index contributed by atoms with van der Waals surface area (Å²) in [6.45, 7) is 4.61. The van der Waals surface area contributed by atoms with E-state index in [1.54, 1.807) is 7.11 Å². The topological polar surface area (TPSA) is 50.4 Å². The van der Waals surface area contributed by atoms with Crippen molar-refractivity contribution in [2.24, 2.45) is 11.8 Å². The molecule has 1 unspecified atom stereocenters. The van der Waals surface area contributed by atoms with E-state index < -0.39 is 0 Å². The minimum atomic E-state index is 0.103. The zero-order chi connectivity index (χ0) is 13.7. The largest absolute Gasteiger partial charge is 0.497 e. The molecule has 4 nitrogen and oxygen atoms in total. The predicted octanol–water partition coefficient (Wildman–Crippen LogP) is 1.21. The van der Waals surface area contributed by atoms with Crippen LogP contribution in [0.5, 0.6) is 5.75 Å². The summed E-state index contributed by atoms with van der Waals surface area (Å²) >= 11 is 0. The number of nitrogens with one attached hydrogen (secondary N) is 2. The van der Waals surface area contributed by atoms with Crippen LogP contribution in [0, 0.1) is 11.8 Å². The zero-order valence-corrected chi connectivity index (χ0v) is 11.6. The second-order valence-electron chi connectivity index (χ2n) is 5.10. The highest BCUT2D eigenvalue weighted by Gasteiger charge is 2.28. The summed E-state index contributed by atoms with van der Waals surface area (Å²) < 4.78 is 5.18. The van der Waals surface area contributed by atoms with Crippen LogP contribution in [0.25, 0.3) is 0 Å². The molecule has 1 saturated heterocycles. The summed E-state index contributed by atoms with van der Waals surface area (Å²) in [5.74, 6) is 1.62. The first kappa shape index (κ1) is 13.9. The predicted molar refractivity (Wildman–Crippen MR) is 75.2 cm³/mol. The number of hydrogen-bond acceptors (Lipinski definition) is 3. The Labute approximate surface area is 114 Å². The molecule has 1 fully saturated rings. The maximum atomic E-state index is 11.9. The van der Waals surface area contributed by atoms with Gasteiger partial charge in [0.25, 0.3) is 0 Å². The molecule has 1 atom stereocenters. The van der Waals surface area contributed by atoms with Crippen molar-refractivity contribution in [3.8, 4) is 5.75 Å². The van der Waals surface area contributed by atoms with Crippen molar-refractivity contribution in [2.75, 3.05) is 26.7 Å². The van der Waals surface area contributed by atoms with Crippen molar-refractivity contribution in [2.45, 2.75) is 13.3 Å². The summed E-state index contributed by atoms with van der Waals surface area (Å²) in [6.07, 6.45) is 0.832. The molecule has 0 radical (unpaired) electrons. The number of rotatable bonds is 6. The molecule has 19 heavy (non-hydrogen) atoms. The third-order valence-corrected chi connectivity index (χ3v) is 3.78. The molecule has 1 aliphatic heterocycles. The molecular weight excluding hydrogens is 240 g/mol. The van der Waals surface area contributed by atoms with Crippen molar-refractivity contribution >= 4 is 5.91 Å². The van der Waals surface area contributed by atoms with Gasteiger partial charge in [-0.3, -0.25) is 4.79 Å². The summed E-state index contributed by atoms with van der Waals surface area (Å²) in [7, 11) is 1.66. The van der Waals surface area contributed by atoms with Crippen LogP contribution in [-0.2, 0) is 11.2 Å². The molecular formula is C15H22N2O2. The fraction of sp³-hybridized carbons (Fsp3) is 0.533. The molecule has 104 valence electrons. The monoisotopic (exact) mass is 262 g/mol. The molecule has 0 aromatic heterocycles. The van der Waals surface area contributed by atoms with Gasteiger partial charge >= 0.3 is 0 Å². The summed E-state index contributed by atoms with van der Waals surface area (Å²) in [5, 5.41) is 6.21. The first-order valence-corrected chi connectivity index (χ1v) is 6.82. The third kappa shape index (κ3) is 3.70. The van der Waals surface area contributed by atoms with Crippen LogP contribution in [-0.4, -0.2) is 32.7 Å². The smallest absolute Gasteiger partial charge is 0.223 e. The quantitative estimate of drug-likeness (QED) is 0.810. The van der Waals surface area contributed by atoms with Crippen LogP contribution in [0.4, 0.5) is 0 Å². The molecule has 0 spiro atoms. The zero-order valence-electron chi connectivity index (χ0n) is 11.6. The van der Waals surface area contributed by atoms with E-state index in [0.717, 1.165) is 25.3 Å². The van der Waals surface area contributed by atoms with Crippen LogP contribution in [0.1, 0.15) is 12.5 Å². The second kappa shape index (κ2) is 6.57. The Kier molecular flexibility index (Phi) is 4.80. The van der Waals surface area contributed by atoms with E-state index >= 15 is 0 Å². The lowest BCUT2D eigenvalue weighted by atomic mass is 9.88. The van der Waals surface area contributed by atoms with Crippen molar-refractivity contribution in [3.05, 3.63) is 29.8 Å². The molecule has 1 aromatic carbocycles. The Bertz CT molecular complexity index is 430. The maximum Gasteiger partial charge on any atom is 0.223 e. The Hall–Kier alpha value is -1.55. The summed E-state index contributed by atoms with van der Waals surface area (Å²) in [4.78, 5) is 11.9. The first-order chi connectivity index (χ1) is 9.20. The Morgan fingerprint density at radius 3 is 2.95 bits per heavy atom. The highest BCUT2D eigenvalue weighted by molar-refractivity contribution is 5.78. The van der Waals surface area contributed by atoms with Crippen LogP contribution < -0.4 is 15.4 Å². The highest BCUT2D eigenvalue weighted by Crippen LogP contribution is 2.16. The lowest BCUT2D eigenvalue weighted by molar-refractivity contribution is -0.126. The molecule has 4 heteroatoms. The Balaban J connectivity index is 1.74. The average molecular weight is 262 g/mol. The Morgan fingerprint density at radius 1 is 1.53 bits per heavy atom. The van der Waals surface area contributed by atoms with E-state index in [1.807, 2.05) is 31.2 Å². The molecule has 1 aromatic rings. The molecule has 2 N–H and O–H groups in total. The lowest BCUT2D eigenvalue weighted by Gasteiger charge is -2.31. The SMILES string of the molecule is COc1cccc(CCNC(=O)C(C)C2CNC2)c1. The number of methoxy groups -OCH3 is 1. The number of hydrogen-bond donors (Lipinski definition) is 2. The normalized spacial score (nSPS) is 16.5. The van der Waals surface area contributed by atoms with Crippen molar-refractivity contribution in [3.63, 3.8) is 0 Å². The minimum Gasteiger partial charge on any atom is -0.497 e. The number of carbonyl (C=O) groups excluding carboxylic acids is 1. The number of ether oxygens (including phenoxy) is 1. The van der Waals surface area contributed by atoms with Crippen molar-refractivity contribution in [1.29, 1.82) is 0 Å². The molecule has 0 aliphatic carbocycles. The molecule has 0 bridgehead atoms. The van der Waals surface area contributed by atoms with Gasteiger partial charge in [-0.15, -0.1) is 0 Å². The van der Waals surface area contributed by atoms with Gasteiger partial charge in [-0.1, -0.05) is 19.1 Å². The van der Waals surface area contributed by atoms with E-state index in [2.05, 4.69) is 10.6 Å². The maximum absolute atomic E-state index is 11.9. The fourth-order valence-electron chi connectivity index (χ4n) is 2.20. The molecule has 0 saturated carbocycles. The van der Waals surface area contributed by atoms with Gasteiger partial charge in [0.1, 0.15) is 5.75 Å². The highest BCUT2D eigenvalue weighted by atomic mass is 16.5. The van der Waals surface area contributed by atoms with Gasteiger partial charge in [0.2, 0.25) is 5.91 Å². The van der Waals surface area contributed by atoms with E-state index in [1.165, 1.54) is 5.56 Å². The van der Waals surface area contributed by atoms with Crippen molar-refractivity contribution in [1.82, 2.24) is 10.6 Å². The number of amides is 1. The van der Waals surface area contributed by atoms with Gasteiger partial charge in [-0.05, 0) is 43.1 Å². The van der Waals surface area contributed by atoms with Gasteiger partial charge in [-0.25, -0.2) is 0 Å². The molecule has 1 heterocycles. The van der Waals surface area contributed by atoms with Crippen LogP contribution in [0.15, 0.2) is 24.3 Å². The summed E-state index contributed by atoms with van der Waals surface area (Å²) in [6, 6.07) is 7.95. The van der Waals surface area contributed by atoms with Crippen LogP contribution in [0.3, 0.4) is 0 Å². The van der Waals surface area contributed by atoms with Gasteiger partial charge < -0.3 is 15.4 Å². The van der Waals surface area contributed by atoms with E-state index in [9.17, 15) is 4.79 Å². The average Bonchev–Trinajstić information content (AvgIpc) is 2.36. The molecule has 2 rings (SSSR count). The number of carbonyl (C=O) groups is 1. The molecule has 1 aliphatic rings. The van der Waals surface area contributed by atoms with E-state index in [0.29, 0.717) is 12.5 Å². The number of benzene rings is 1. The van der Waals surface area contributed by atoms with Gasteiger partial charge in [0.15, 0.2) is 0 Å². The third-order valence-electron chi connectivity index (χ3n) is 3.78. The standard InChI is InChI=1S/C15H22N2O2/c1-11(13-9-16-10-13)15(18)17-7-6-12-4-3-5-14(8-12)19-2/h3-5,8,11,13,16H,6-7,9-10H2,1-2H3,(H,17,18).